The third-order valence-electron chi connectivity index (χ3n) is 3.19. The minimum atomic E-state index is -0.314. The zero-order valence-corrected chi connectivity index (χ0v) is 12.9. The van der Waals surface area contributed by atoms with Crippen LogP contribution in [0.15, 0.2) is 48.5 Å². The predicted molar refractivity (Wildman–Crippen MR) is 87.7 cm³/mol. The standard InChI is InChI=1S/C17H18ClFN2O/c18-14-7-5-13(6-8-14)9-11-21-17(22)10-12-20-16-4-2-1-3-15(16)19/h1-8,20H,9-12H2,(H,21,22). The van der Waals surface area contributed by atoms with Crippen LogP contribution in [0.2, 0.25) is 5.02 Å². The Labute approximate surface area is 134 Å². The van der Waals surface area contributed by atoms with Crippen molar-refractivity contribution in [2.75, 3.05) is 18.4 Å². The van der Waals surface area contributed by atoms with E-state index in [1.807, 2.05) is 24.3 Å². The molecule has 0 radical (unpaired) electrons. The van der Waals surface area contributed by atoms with Gasteiger partial charge in [-0.2, -0.15) is 0 Å². The molecule has 2 N–H and O–H groups in total. The van der Waals surface area contributed by atoms with Crippen LogP contribution in [0.3, 0.4) is 0 Å². The Kier molecular flexibility index (Phi) is 6.22. The van der Waals surface area contributed by atoms with E-state index in [9.17, 15) is 9.18 Å². The van der Waals surface area contributed by atoms with E-state index in [4.69, 9.17) is 11.6 Å². The highest BCUT2D eigenvalue weighted by molar-refractivity contribution is 6.30. The average molecular weight is 321 g/mol. The van der Waals surface area contributed by atoms with E-state index < -0.39 is 0 Å². The van der Waals surface area contributed by atoms with Crippen molar-refractivity contribution in [1.29, 1.82) is 0 Å². The summed E-state index contributed by atoms with van der Waals surface area (Å²) in [6.45, 7) is 0.966. The number of amides is 1. The number of carbonyl (C=O) groups is 1. The molecule has 2 rings (SSSR count). The number of benzene rings is 2. The lowest BCUT2D eigenvalue weighted by Crippen LogP contribution is -2.27. The maximum atomic E-state index is 13.4. The molecule has 2 aromatic rings. The molecule has 0 saturated heterocycles. The molecule has 5 heteroatoms. The van der Waals surface area contributed by atoms with E-state index >= 15 is 0 Å². The van der Waals surface area contributed by atoms with E-state index in [2.05, 4.69) is 10.6 Å². The van der Waals surface area contributed by atoms with Crippen LogP contribution in [0.5, 0.6) is 0 Å². The minimum absolute atomic E-state index is 0.0576. The zero-order chi connectivity index (χ0) is 15.8. The maximum absolute atomic E-state index is 13.4. The quantitative estimate of drug-likeness (QED) is 0.817. The monoisotopic (exact) mass is 320 g/mol. The summed E-state index contributed by atoms with van der Waals surface area (Å²) in [6, 6.07) is 13.9. The number of para-hydroxylation sites is 1. The van der Waals surface area contributed by atoms with Gasteiger partial charge < -0.3 is 10.6 Å². The van der Waals surface area contributed by atoms with Gasteiger partial charge in [0.25, 0.3) is 0 Å². The molecule has 0 aliphatic carbocycles. The van der Waals surface area contributed by atoms with Crippen molar-refractivity contribution < 1.29 is 9.18 Å². The fourth-order valence-corrected chi connectivity index (χ4v) is 2.13. The molecule has 0 atom stereocenters. The maximum Gasteiger partial charge on any atom is 0.221 e. The molecule has 0 spiro atoms. The van der Waals surface area contributed by atoms with E-state index in [0.29, 0.717) is 30.2 Å². The van der Waals surface area contributed by atoms with Crippen molar-refractivity contribution in [2.24, 2.45) is 0 Å². The summed E-state index contributed by atoms with van der Waals surface area (Å²) in [7, 11) is 0. The predicted octanol–water partition coefficient (Wildman–Crippen LogP) is 3.64. The Morgan fingerprint density at radius 1 is 1.05 bits per heavy atom. The second kappa shape index (κ2) is 8.39. The molecule has 1 amide bonds. The number of nitrogens with one attached hydrogen (secondary N) is 2. The van der Waals surface area contributed by atoms with Crippen molar-refractivity contribution in [2.45, 2.75) is 12.8 Å². The van der Waals surface area contributed by atoms with Gasteiger partial charge in [-0.15, -0.1) is 0 Å². The first kappa shape index (κ1) is 16.3. The summed E-state index contributed by atoms with van der Waals surface area (Å²) >= 11 is 5.81. The first-order chi connectivity index (χ1) is 10.6. The van der Waals surface area contributed by atoms with Gasteiger partial charge in [0.05, 0.1) is 5.69 Å². The highest BCUT2D eigenvalue weighted by atomic mass is 35.5. The highest BCUT2D eigenvalue weighted by Crippen LogP contribution is 2.12. The molecule has 0 heterocycles. The topological polar surface area (TPSA) is 41.1 Å². The fourth-order valence-electron chi connectivity index (χ4n) is 2.00. The Bertz CT molecular complexity index is 616. The van der Waals surface area contributed by atoms with E-state index in [0.717, 1.165) is 12.0 Å². The van der Waals surface area contributed by atoms with Gasteiger partial charge in [-0.05, 0) is 36.2 Å². The third-order valence-corrected chi connectivity index (χ3v) is 3.44. The van der Waals surface area contributed by atoms with Crippen molar-refractivity contribution in [1.82, 2.24) is 5.32 Å². The van der Waals surface area contributed by atoms with Crippen LogP contribution in [0.1, 0.15) is 12.0 Å². The van der Waals surface area contributed by atoms with Gasteiger partial charge in [0.1, 0.15) is 5.82 Å². The normalized spacial score (nSPS) is 10.3. The van der Waals surface area contributed by atoms with Crippen LogP contribution < -0.4 is 10.6 Å². The van der Waals surface area contributed by atoms with Crippen LogP contribution in [-0.2, 0) is 11.2 Å². The molecular weight excluding hydrogens is 303 g/mol. The first-order valence-electron chi connectivity index (χ1n) is 7.15. The average Bonchev–Trinajstić information content (AvgIpc) is 2.51. The minimum Gasteiger partial charge on any atom is -0.382 e. The van der Waals surface area contributed by atoms with Gasteiger partial charge >= 0.3 is 0 Å². The lowest BCUT2D eigenvalue weighted by Gasteiger charge is -2.08. The summed E-state index contributed by atoms with van der Waals surface area (Å²) in [5.74, 6) is -0.372. The summed E-state index contributed by atoms with van der Waals surface area (Å²) in [4.78, 5) is 11.7. The third kappa shape index (κ3) is 5.37. The van der Waals surface area contributed by atoms with Crippen LogP contribution in [-0.4, -0.2) is 19.0 Å². The molecule has 22 heavy (non-hydrogen) atoms. The Morgan fingerprint density at radius 2 is 1.77 bits per heavy atom. The fraction of sp³-hybridized carbons (Fsp3) is 0.235. The molecule has 3 nitrogen and oxygen atoms in total. The van der Waals surface area contributed by atoms with Gasteiger partial charge in [-0.1, -0.05) is 35.9 Å². The largest absolute Gasteiger partial charge is 0.382 e. The highest BCUT2D eigenvalue weighted by Gasteiger charge is 2.03. The molecule has 0 aliphatic rings. The first-order valence-corrected chi connectivity index (χ1v) is 7.52. The summed E-state index contributed by atoms with van der Waals surface area (Å²) < 4.78 is 13.4. The number of carbonyl (C=O) groups excluding carboxylic acids is 1. The van der Waals surface area contributed by atoms with Crippen molar-refractivity contribution in [3.05, 3.63) is 64.9 Å². The van der Waals surface area contributed by atoms with E-state index in [1.165, 1.54) is 6.07 Å². The number of halogens is 2. The molecular formula is C17H18ClFN2O. The van der Waals surface area contributed by atoms with Crippen LogP contribution >= 0.6 is 11.6 Å². The molecule has 0 aliphatic heterocycles. The van der Waals surface area contributed by atoms with E-state index in [-0.39, 0.29) is 11.7 Å². The Morgan fingerprint density at radius 3 is 2.50 bits per heavy atom. The van der Waals surface area contributed by atoms with Gasteiger partial charge in [0.2, 0.25) is 5.91 Å². The molecule has 0 saturated carbocycles. The second-order valence-electron chi connectivity index (χ2n) is 4.88. The number of anilines is 1. The van der Waals surface area contributed by atoms with Gasteiger partial charge in [-0.3, -0.25) is 4.79 Å². The molecule has 116 valence electrons. The van der Waals surface area contributed by atoms with Gasteiger partial charge in [-0.25, -0.2) is 4.39 Å². The molecule has 2 aromatic carbocycles. The SMILES string of the molecule is O=C(CCNc1ccccc1F)NCCc1ccc(Cl)cc1. The lowest BCUT2D eigenvalue weighted by molar-refractivity contribution is -0.120. The summed E-state index contributed by atoms with van der Waals surface area (Å²) in [5, 5.41) is 6.45. The van der Waals surface area contributed by atoms with Crippen LogP contribution in [0.25, 0.3) is 0 Å². The van der Waals surface area contributed by atoms with Crippen molar-refractivity contribution >= 4 is 23.2 Å². The summed E-state index contributed by atoms with van der Waals surface area (Å²) in [6.07, 6.45) is 1.05. The van der Waals surface area contributed by atoms with Crippen LogP contribution in [0, 0.1) is 5.82 Å². The zero-order valence-electron chi connectivity index (χ0n) is 12.1. The van der Waals surface area contributed by atoms with Gasteiger partial charge in [0, 0.05) is 24.5 Å². The van der Waals surface area contributed by atoms with Crippen LogP contribution in [0.4, 0.5) is 10.1 Å². The number of rotatable bonds is 7. The van der Waals surface area contributed by atoms with Crippen molar-refractivity contribution in [3.63, 3.8) is 0 Å². The number of hydrogen-bond donors (Lipinski definition) is 2. The second-order valence-corrected chi connectivity index (χ2v) is 5.32. The molecule has 0 bridgehead atoms. The van der Waals surface area contributed by atoms with E-state index in [1.54, 1.807) is 18.2 Å². The smallest absolute Gasteiger partial charge is 0.221 e. The molecule has 0 aromatic heterocycles. The summed E-state index contributed by atoms with van der Waals surface area (Å²) in [5.41, 5.74) is 1.53. The Hall–Kier alpha value is -2.07. The lowest BCUT2D eigenvalue weighted by atomic mass is 10.1. The van der Waals surface area contributed by atoms with Crippen molar-refractivity contribution in [3.8, 4) is 0 Å². The van der Waals surface area contributed by atoms with Gasteiger partial charge in [0.15, 0.2) is 0 Å². The molecule has 0 fully saturated rings. The molecule has 0 unspecified atom stereocenters. The Balaban J connectivity index is 1.64. The number of hydrogen-bond acceptors (Lipinski definition) is 2.